The van der Waals surface area contributed by atoms with Crippen LogP contribution in [0.5, 0.6) is 5.75 Å². The number of nitrogens with zero attached hydrogens (tertiary/aromatic N) is 4. The molecule has 1 aliphatic heterocycles. The van der Waals surface area contributed by atoms with Crippen LogP contribution in [0.4, 0.5) is 5.69 Å². The third-order valence-electron chi connectivity index (χ3n) is 5.63. The van der Waals surface area contributed by atoms with Gasteiger partial charge in [0.05, 0.1) is 12.6 Å². The lowest BCUT2D eigenvalue weighted by atomic mass is 9.95. The minimum Gasteiger partial charge on any atom is -0.494 e. The summed E-state index contributed by atoms with van der Waals surface area (Å²) in [5, 5.41) is 25.1. The monoisotopic (exact) mass is 371 g/mol. The Kier molecular flexibility index (Phi) is 5.87. The predicted molar refractivity (Wildman–Crippen MR) is 103 cm³/mol. The van der Waals surface area contributed by atoms with Gasteiger partial charge in [-0.25, -0.2) is 4.68 Å². The van der Waals surface area contributed by atoms with Crippen molar-refractivity contribution >= 4 is 5.69 Å². The Bertz CT molecular complexity index is 742. The van der Waals surface area contributed by atoms with Crippen molar-refractivity contribution in [1.29, 1.82) is 0 Å². The molecule has 0 radical (unpaired) electrons. The zero-order valence-corrected chi connectivity index (χ0v) is 15.8. The molecule has 0 bridgehead atoms. The standard InChI is InChI=1S/C20H29N5O2/c26-20-12-9-15-14-17(10-11-18(15)21-20)27-13-5-4-8-19-22-23-24-25(19)16-6-2-1-3-7-16/h10-11,14,16,20-21,26H,1-9,12-13H2. The van der Waals surface area contributed by atoms with Gasteiger partial charge in [0.15, 0.2) is 5.82 Å². The van der Waals surface area contributed by atoms with Crippen LogP contribution in [0.25, 0.3) is 0 Å². The first kappa shape index (κ1) is 18.2. The highest BCUT2D eigenvalue weighted by molar-refractivity contribution is 5.56. The maximum Gasteiger partial charge on any atom is 0.151 e. The maximum absolute atomic E-state index is 9.65. The number of fused-ring (bicyclic) bond motifs is 1. The molecule has 1 aliphatic carbocycles. The number of aromatic nitrogens is 4. The van der Waals surface area contributed by atoms with E-state index in [9.17, 15) is 5.11 Å². The van der Waals surface area contributed by atoms with Crippen LogP contribution in [-0.2, 0) is 12.8 Å². The number of hydrogen-bond acceptors (Lipinski definition) is 6. The van der Waals surface area contributed by atoms with Crippen molar-refractivity contribution in [2.24, 2.45) is 0 Å². The summed E-state index contributed by atoms with van der Waals surface area (Å²) in [6.07, 6.45) is 10.4. The molecule has 1 atom stereocenters. The number of ether oxygens (including phenoxy) is 1. The molecule has 146 valence electrons. The number of benzene rings is 1. The Hall–Kier alpha value is -2.15. The molecule has 2 aliphatic rings. The molecule has 1 aromatic heterocycles. The van der Waals surface area contributed by atoms with Gasteiger partial charge in [-0.05, 0) is 72.7 Å². The minimum atomic E-state index is -0.436. The van der Waals surface area contributed by atoms with Crippen molar-refractivity contribution in [3.8, 4) is 5.75 Å². The number of hydrogen-bond donors (Lipinski definition) is 2. The van der Waals surface area contributed by atoms with E-state index >= 15 is 0 Å². The molecule has 0 saturated heterocycles. The Morgan fingerprint density at radius 3 is 2.93 bits per heavy atom. The van der Waals surface area contributed by atoms with Crippen molar-refractivity contribution in [3.05, 3.63) is 29.6 Å². The highest BCUT2D eigenvalue weighted by atomic mass is 16.5. The van der Waals surface area contributed by atoms with Crippen molar-refractivity contribution < 1.29 is 9.84 Å². The van der Waals surface area contributed by atoms with Crippen LogP contribution in [0.3, 0.4) is 0 Å². The van der Waals surface area contributed by atoms with Gasteiger partial charge in [0, 0.05) is 12.1 Å². The van der Waals surface area contributed by atoms with E-state index in [0.29, 0.717) is 12.6 Å². The van der Waals surface area contributed by atoms with Crippen LogP contribution in [-0.4, -0.2) is 38.1 Å². The fraction of sp³-hybridized carbons (Fsp3) is 0.650. The number of anilines is 1. The predicted octanol–water partition coefficient (Wildman–Crippen LogP) is 3.26. The van der Waals surface area contributed by atoms with Gasteiger partial charge in [0.1, 0.15) is 12.0 Å². The van der Waals surface area contributed by atoms with Crippen LogP contribution in [0.1, 0.15) is 68.8 Å². The maximum atomic E-state index is 9.65. The van der Waals surface area contributed by atoms with E-state index in [1.54, 1.807) is 0 Å². The largest absolute Gasteiger partial charge is 0.494 e. The Balaban J connectivity index is 1.22. The second kappa shape index (κ2) is 8.69. The second-order valence-electron chi connectivity index (χ2n) is 7.65. The number of aliphatic hydroxyl groups is 1. The summed E-state index contributed by atoms with van der Waals surface area (Å²) < 4.78 is 7.98. The summed E-state index contributed by atoms with van der Waals surface area (Å²) in [6.45, 7) is 0.694. The first-order valence-corrected chi connectivity index (χ1v) is 10.3. The zero-order chi connectivity index (χ0) is 18.5. The molecule has 1 aromatic carbocycles. The van der Waals surface area contributed by atoms with Crippen LogP contribution in [0, 0.1) is 0 Å². The molecule has 7 heteroatoms. The zero-order valence-electron chi connectivity index (χ0n) is 15.8. The molecule has 1 fully saturated rings. The fourth-order valence-electron chi connectivity index (χ4n) is 4.11. The van der Waals surface area contributed by atoms with Gasteiger partial charge < -0.3 is 15.2 Å². The normalized spacial score (nSPS) is 20.1. The molecule has 4 rings (SSSR count). The molecular weight excluding hydrogens is 342 g/mol. The first-order chi connectivity index (χ1) is 13.3. The molecule has 2 N–H and O–H groups in total. The minimum absolute atomic E-state index is 0.436. The summed E-state index contributed by atoms with van der Waals surface area (Å²) in [6, 6.07) is 6.53. The number of unbranched alkanes of at least 4 members (excludes halogenated alkanes) is 1. The molecule has 0 amide bonds. The number of aryl methyl sites for hydroxylation is 2. The first-order valence-electron chi connectivity index (χ1n) is 10.3. The van der Waals surface area contributed by atoms with Crippen LogP contribution < -0.4 is 10.1 Å². The number of aliphatic hydroxyl groups excluding tert-OH is 1. The highest BCUT2D eigenvalue weighted by Crippen LogP contribution is 2.29. The van der Waals surface area contributed by atoms with E-state index in [0.717, 1.165) is 49.4 Å². The third-order valence-corrected chi connectivity index (χ3v) is 5.63. The van der Waals surface area contributed by atoms with Crippen molar-refractivity contribution in [3.63, 3.8) is 0 Å². The summed E-state index contributed by atoms with van der Waals surface area (Å²) in [5.41, 5.74) is 2.22. The van der Waals surface area contributed by atoms with Gasteiger partial charge in [-0.15, -0.1) is 5.10 Å². The van der Waals surface area contributed by atoms with E-state index < -0.39 is 6.23 Å². The quantitative estimate of drug-likeness (QED) is 0.727. The number of tetrazole rings is 1. The number of rotatable bonds is 7. The highest BCUT2D eigenvalue weighted by Gasteiger charge is 2.19. The van der Waals surface area contributed by atoms with E-state index in [4.69, 9.17) is 4.74 Å². The summed E-state index contributed by atoms with van der Waals surface area (Å²) in [5.74, 6) is 1.92. The lowest BCUT2D eigenvalue weighted by Gasteiger charge is -2.23. The average molecular weight is 371 g/mol. The smallest absolute Gasteiger partial charge is 0.151 e. The Morgan fingerprint density at radius 2 is 2.04 bits per heavy atom. The summed E-state index contributed by atoms with van der Waals surface area (Å²) in [7, 11) is 0. The fourth-order valence-corrected chi connectivity index (χ4v) is 4.11. The van der Waals surface area contributed by atoms with E-state index in [-0.39, 0.29) is 0 Å². The van der Waals surface area contributed by atoms with Gasteiger partial charge in [0.2, 0.25) is 0 Å². The van der Waals surface area contributed by atoms with Gasteiger partial charge in [-0.2, -0.15) is 0 Å². The summed E-state index contributed by atoms with van der Waals surface area (Å²) >= 11 is 0. The lowest BCUT2D eigenvalue weighted by Crippen LogP contribution is -2.24. The van der Waals surface area contributed by atoms with Crippen molar-refractivity contribution in [2.75, 3.05) is 11.9 Å². The lowest BCUT2D eigenvalue weighted by molar-refractivity contribution is 0.189. The van der Waals surface area contributed by atoms with E-state index in [1.165, 1.54) is 37.7 Å². The molecule has 2 aromatic rings. The van der Waals surface area contributed by atoms with Crippen LogP contribution in [0.2, 0.25) is 0 Å². The average Bonchev–Trinajstić information content (AvgIpc) is 3.17. The third kappa shape index (κ3) is 4.58. The van der Waals surface area contributed by atoms with Crippen LogP contribution >= 0.6 is 0 Å². The Labute approximate surface area is 160 Å². The van der Waals surface area contributed by atoms with Gasteiger partial charge in [-0.3, -0.25) is 0 Å². The molecule has 1 saturated carbocycles. The Morgan fingerprint density at radius 1 is 1.15 bits per heavy atom. The van der Waals surface area contributed by atoms with Gasteiger partial charge in [0.25, 0.3) is 0 Å². The number of nitrogens with one attached hydrogen (secondary N) is 1. The topological polar surface area (TPSA) is 85.1 Å². The second-order valence-corrected chi connectivity index (χ2v) is 7.65. The molecule has 7 nitrogen and oxygen atoms in total. The van der Waals surface area contributed by atoms with Crippen LogP contribution in [0.15, 0.2) is 18.2 Å². The molecule has 0 spiro atoms. The molecule has 27 heavy (non-hydrogen) atoms. The summed E-state index contributed by atoms with van der Waals surface area (Å²) in [4.78, 5) is 0. The molecule has 1 unspecified atom stereocenters. The molecule has 2 heterocycles. The van der Waals surface area contributed by atoms with E-state index in [1.807, 2.05) is 12.1 Å². The van der Waals surface area contributed by atoms with E-state index in [2.05, 4.69) is 31.6 Å². The molecular formula is C20H29N5O2. The van der Waals surface area contributed by atoms with Crippen molar-refractivity contribution in [2.45, 2.75) is 76.5 Å². The van der Waals surface area contributed by atoms with Gasteiger partial charge in [-0.1, -0.05) is 19.3 Å². The van der Waals surface area contributed by atoms with Crippen molar-refractivity contribution in [1.82, 2.24) is 20.2 Å². The SMILES string of the molecule is OC1CCc2cc(OCCCCc3nnnn3C3CCCCC3)ccc2N1. The van der Waals surface area contributed by atoms with Gasteiger partial charge >= 0.3 is 0 Å².